The van der Waals surface area contributed by atoms with Gasteiger partial charge in [-0.15, -0.1) is 0 Å². The molecule has 1 heterocycles. The van der Waals surface area contributed by atoms with Crippen molar-refractivity contribution in [2.24, 2.45) is 5.92 Å². The van der Waals surface area contributed by atoms with E-state index in [-0.39, 0.29) is 28.9 Å². The molecule has 3 rings (SSSR count). The Kier molecular flexibility index (Phi) is 7.33. The van der Waals surface area contributed by atoms with Crippen LogP contribution in [0.1, 0.15) is 23.2 Å². The van der Waals surface area contributed by atoms with Crippen LogP contribution in [0.5, 0.6) is 5.75 Å². The van der Waals surface area contributed by atoms with Gasteiger partial charge in [0.2, 0.25) is 5.91 Å². The predicted octanol–water partition coefficient (Wildman–Crippen LogP) is 5.43. The third-order valence-corrected chi connectivity index (χ3v) is 5.25. The summed E-state index contributed by atoms with van der Waals surface area (Å²) in [5, 5.41) is 3.34. The zero-order chi connectivity index (χ0) is 22.6. The van der Waals surface area contributed by atoms with Gasteiger partial charge in [0.05, 0.1) is 11.6 Å². The fourth-order valence-corrected chi connectivity index (χ4v) is 3.57. The molecule has 1 atom stereocenters. The summed E-state index contributed by atoms with van der Waals surface area (Å²) in [4.78, 5) is 27.1. The normalized spacial score (nSPS) is 16.7. The maximum absolute atomic E-state index is 12.8. The molecule has 0 aliphatic carbocycles. The first kappa shape index (κ1) is 23.2. The summed E-state index contributed by atoms with van der Waals surface area (Å²) in [6.45, 7) is -0.806. The minimum Gasteiger partial charge on any atom is -0.482 e. The van der Waals surface area contributed by atoms with Crippen LogP contribution in [0.3, 0.4) is 0 Å². The molecule has 5 nitrogen and oxygen atoms in total. The van der Waals surface area contributed by atoms with E-state index >= 15 is 0 Å². The molecule has 1 N–H and O–H groups in total. The van der Waals surface area contributed by atoms with E-state index in [9.17, 15) is 22.8 Å². The molecular weight excluding hydrogens is 456 g/mol. The molecule has 1 unspecified atom stereocenters. The number of ether oxygens (including phenoxy) is 1. The summed E-state index contributed by atoms with van der Waals surface area (Å²) >= 11 is 11.8. The van der Waals surface area contributed by atoms with E-state index in [2.05, 4.69) is 5.32 Å². The van der Waals surface area contributed by atoms with Crippen molar-refractivity contribution in [3.8, 4) is 5.75 Å². The van der Waals surface area contributed by atoms with Crippen LogP contribution in [0.25, 0.3) is 0 Å². The lowest BCUT2D eigenvalue weighted by molar-refractivity contribution is -0.153. The fourth-order valence-electron chi connectivity index (χ4n) is 3.27. The van der Waals surface area contributed by atoms with E-state index in [1.807, 2.05) is 0 Å². The van der Waals surface area contributed by atoms with Crippen molar-refractivity contribution in [1.29, 1.82) is 0 Å². The number of hydrogen-bond donors (Lipinski definition) is 1. The van der Waals surface area contributed by atoms with Gasteiger partial charge in [0, 0.05) is 28.7 Å². The number of hydrogen-bond acceptors (Lipinski definition) is 3. The summed E-state index contributed by atoms with van der Waals surface area (Å²) in [6, 6.07) is 10.4. The van der Waals surface area contributed by atoms with Crippen molar-refractivity contribution < 1.29 is 27.5 Å². The Balaban J connectivity index is 1.68. The summed E-state index contributed by atoms with van der Waals surface area (Å²) in [7, 11) is 0. The Hall–Kier alpha value is -2.45. The number of carbonyl (C=O) groups excluding carboxylic acids is 2. The zero-order valence-corrected chi connectivity index (χ0v) is 17.7. The second-order valence-corrected chi connectivity index (χ2v) is 8.00. The van der Waals surface area contributed by atoms with Gasteiger partial charge < -0.3 is 15.0 Å². The molecule has 2 amide bonds. The van der Waals surface area contributed by atoms with Crippen LogP contribution in [0.15, 0.2) is 42.5 Å². The van der Waals surface area contributed by atoms with E-state index in [0.717, 1.165) is 0 Å². The molecule has 2 aromatic rings. The summed E-state index contributed by atoms with van der Waals surface area (Å²) in [5.41, 5.74) is 0.506. The van der Waals surface area contributed by atoms with Gasteiger partial charge in [-0.25, -0.2) is 0 Å². The van der Waals surface area contributed by atoms with Crippen molar-refractivity contribution in [3.63, 3.8) is 0 Å². The Morgan fingerprint density at radius 2 is 1.77 bits per heavy atom. The van der Waals surface area contributed by atoms with Gasteiger partial charge in [0.25, 0.3) is 5.91 Å². The quantitative estimate of drug-likeness (QED) is 0.628. The van der Waals surface area contributed by atoms with Gasteiger partial charge in [-0.3, -0.25) is 9.59 Å². The van der Waals surface area contributed by atoms with Crippen molar-refractivity contribution in [3.05, 3.63) is 58.1 Å². The first-order chi connectivity index (χ1) is 14.6. The molecule has 0 radical (unpaired) electrons. The monoisotopic (exact) mass is 474 g/mol. The summed E-state index contributed by atoms with van der Waals surface area (Å²) in [6.07, 6.45) is -3.37. The number of nitrogens with one attached hydrogen (secondary N) is 1. The van der Waals surface area contributed by atoms with E-state index in [0.29, 0.717) is 30.0 Å². The highest BCUT2D eigenvalue weighted by Gasteiger charge is 2.31. The molecule has 1 saturated heterocycles. The van der Waals surface area contributed by atoms with Crippen LogP contribution in [-0.2, 0) is 4.79 Å². The molecular formula is C21H19Cl2F3N2O3. The SMILES string of the molecule is O=C(Nc1cc(Cl)ccc1OCC(F)(F)F)C1CCCN(C(=O)c2ccc(Cl)cc2)C1. The topological polar surface area (TPSA) is 58.6 Å². The van der Waals surface area contributed by atoms with Crippen LogP contribution in [-0.4, -0.2) is 42.6 Å². The highest BCUT2D eigenvalue weighted by Crippen LogP contribution is 2.31. The molecule has 10 heteroatoms. The standard InChI is InChI=1S/C21H19Cl2F3N2O3/c22-15-5-3-13(4-6-15)20(30)28-9-1-2-14(11-28)19(29)27-17-10-16(23)7-8-18(17)31-12-21(24,25)26/h3-8,10,14H,1-2,9,11-12H2,(H,27,29). The molecule has 0 saturated carbocycles. The molecule has 0 spiro atoms. The average Bonchev–Trinajstić information content (AvgIpc) is 2.72. The van der Waals surface area contributed by atoms with Gasteiger partial charge in [-0.2, -0.15) is 13.2 Å². The molecule has 0 bridgehead atoms. The Bertz CT molecular complexity index is 952. The van der Waals surface area contributed by atoms with Gasteiger partial charge in [0.15, 0.2) is 6.61 Å². The minimum absolute atomic E-state index is 0.0444. The number of likely N-dealkylation sites (tertiary alicyclic amines) is 1. The lowest BCUT2D eigenvalue weighted by Crippen LogP contribution is -2.43. The predicted molar refractivity (Wildman–Crippen MR) is 112 cm³/mol. The highest BCUT2D eigenvalue weighted by atomic mass is 35.5. The van der Waals surface area contributed by atoms with Gasteiger partial charge in [-0.05, 0) is 55.3 Å². The van der Waals surface area contributed by atoms with Crippen molar-refractivity contribution in [2.45, 2.75) is 19.0 Å². The van der Waals surface area contributed by atoms with Crippen molar-refractivity contribution >= 4 is 40.7 Å². The van der Waals surface area contributed by atoms with E-state index in [1.165, 1.54) is 18.2 Å². The summed E-state index contributed by atoms with van der Waals surface area (Å²) < 4.78 is 42.3. The molecule has 31 heavy (non-hydrogen) atoms. The van der Waals surface area contributed by atoms with E-state index in [4.69, 9.17) is 27.9 Å². The maximum Gasteiger partial charge on any atom is 0.422 e. The Morgan fingerprint density at radius 1 is 1.10 bits per heavy atom. The first-order valence-electron chi connectivity index (χ1n) is 9.47. The van der Waals surface area contributed by atoms with Gasteiger partial charge >= 0.3 is 6.18 Å². The number of rotatable bonds is 5. The van der Waals surface area contributed by atoms with Crippen LogP contribution in [0, 0.1) is 5.92 Å². The molecule has 1 aliphatic rings. The second kappa shape index (κ2) is 9.78. The minimum atomic E-state index is -4.52. The summed E-state index contributed by atoms with van der Waals surface area (Å²) in [5.74, 6) is -1.31. The second-order valence-electron chi connectivity index (χ2n) is 7.13. The van der Waals surface area contributed by atoms with Gasteiger partial charge in [-0.1, -0.05) is 23.2 Å². The number of nitrogens with zero attached hydrogens (tertiary/aromatic N) is 1. The average molecular weight is 475 g/mol. The Labute approximate surface area is 187 Å². The number of anilines is 1. The molecule has 1 fully saturated rings. The van der Waals surface area contributed by atoms with Crippen LogP contribution < -0.4 is 10.1 Å². The fraction of sp³-hybridized carbons (Fsp3) is 0.333. The number of carbonyl (C=O) groups is 2. The molecule has 2 aromatic carbocycles. The number of piperidine rings is 1. The van der Waals surface area contributed by atoms with Crippen LogP contribution >= 0.6 is 23.2 Å². The van der Waals surface area contributed by atoms with E-state index < -0.39 is 24.6 Å². The molecule has 1 aliphatic heterocycles. The number of halogens is 5. The number of benzene rings is 2. The third-order valence-electron chi connectivity index (χ3n) is 4.76. The lowest BCUT2D eigenvalue weighted by atomic mass is 9.96. The first-order valence-corrected chi connectivity index (χ1v) is 10.2. The van der Waals surface area contributed by atoms with Crippen LogP contribution in [0.2, 0.25) is 10.0 Å². The number of amides is 2. The van der Waals surface area contributed by atoms with E-state index in [1.54, 1.807) is 29.2 Å². The Morgan fingerprint density at radius 3 is 2.45 bits per heavy atom. The van der Waals surface area contributed by atoms with Crippen molar-refractivity contribution in [1.82, 2.24) is 4.90 Å². The maximum atomic E-state index is 12.8. The lowest BCUT2D eigenvalue weighted by Gasteiger charge is -2.32. The molecule has 166 valence electrons. The number of alkyl halides is 3. The zero-order valence-electron chi connectivity index (χ0n) is 16.2. The van der Waals surface area contributed by atoms with Crippen molar-refractivity contribution in [2.75, 3.05) is 25.0 Å². The molecule has 0 aromatic heterocycles. The third kappa shape index (κ3) is 6.51. The van der Waals surface area contributed by atoms with Gasteiger partial charge in [0.1, 0.15) is 5.75 Å². The smallest absolute Gasteiger partial charge is 0.422 e. The highest BCUT2D eigenvalue weighted by molar-refractivity contribution is 6.31. The largest absolute Gasteiger partial charge is 0.482 e. The van der Waals surface area contributed by atoms with Crippen LogP contribution in [0.4, 0.5) is 18.9 Å².